The standard InChI is InChI=1S/C15H19NO/c1-14(2,3)13(17)15(10-16)8-11-6-4-5-7-12(11)9-15/h4-7,13,17H,8-9H2,1-3H3. The molecule has 2 nitrogen and oxygen atoms in total. The lowest BCUT2D eigenvalue weighted by Crippen LogP contribution is -2.43. The molecular formula is C15H19NO. The van der Waals surface area contributed by atoms with E-state index in [-0.39, 0.29) is 5.41 Å². The van der Waals surface area contributed by atoms with Crippen molar-refractivity contribution in [2.75, 3.05) is 0 Å². The molecule has 1 atom stereocenters. The number of hydrogen-bond acceptors (Lipinski definition) is 2. The molecular weight excluding hydrogens is 210 g/mol. The van der Waals surface area contributed by atoms with Crippen molar-refractivity contribution in [3.63, 3.8) is 0 Å². The number of fused-ring (bicyclic) bond motifs is 1. The van der Waals surface area contributed by atoms with Crippen LogP contribution in [0.4, 0.5) is 0 Å². The molecule has 1 aliphatic rings. The van der Waals surface area contributed by atoms with Crippen molar-refractivity contribution in [2.24, 2.45) is 10.8 Å². The smallest absolute Gasteiger partial charge is 0.0917 e. The fourth-order valence-corrected chi connectivity index (χ4v) is 2.81. The Bertz CT molecular complexity index is 440. The Morgan fingerprint density at radius 2 is 1.71 bits per heavy atom. The molecule has 0 bridgehead atoms. The van der Waals surface area contributed by atoms with Gasteiger partial charge in [0.05, 0.1) is 17.6 Å². The van der Waals surface area contributed by atoms with E-state index in [1.165, 1.54) is 11.1 Å². The Kier molecular flexibility index (Phi) is 2.75. The van der Waals surface area contributed by atoms with Gasteiger partial charge in [0, 0.05) is 0 Å². The SMILES string of the molecule is CC(C)(C)C(O)C1(C#N)Cc2ccccc2C1. The number of nitrogens with zero attached hydrogens (tertiary/aromatic N) is 1. The summed E-state index contributed by atoms with van der Waals surface area (Å²) in [5.41, 5.74) is 1.49. The first-order valence-corrected chi connectivity index (χ1v) is 6.05. The summed E-state index contributed by atoms with van der Waals surface area (Å²) >= 11 is 0. The maximum absolute atomic E-state index is 10.5. The highest BCUT2D eigenvalue weighted by Gasteiger charge is 2.48. The van der Waals surface area contributed by atoms with Crippen LogP contribution in [0.15, 0.2) is 24.3 Å². The van der Waals surface area contributed by atoms with E-state index in [1.807, 2.05) is 32.9 Å². The molecule has 1 aromatic carbocycles. The predicted octanol–water partition coefficient (Wildman–Crippen LogP) is 2.70. The minimum absolute atomic E-state index is 0.266. The lowest BCUT2D eigenvalue weighted by atomic mass is 9.70. The van der Waals surface area contributed by atoms with Crippen LogP contribution in [0.25, 0.3) is 0 Å². The third-order valence-electron chi connectivity index (χ3n) is 3.70. The Balaban J connectivity index is 2.37. The van der Waals surface area contributed by atoms with Gasteiger partial charge in [0.1, 0.15) is 0 Å². The number of rotatable bonds is 1. The van der Waals surface area contributed by atoms with E-state index in [9.17, 15) is 10.4 Å². The van der Waals surface area contributed by atoms with Crippen LogP contribution in [-0.4, -0.2) is 11.2 Å². The van der Waals surface area contributed by atoms with Gasteiger partial charge in [0.25, 0.3) is 0 Å². The summed E-state index contributed by atoms with van der Waals surface area (Å²) < 4.78 is 0. The maximum atomic E-state index is 10.5. The van der Waals surface area contributed by atoms with Crippen molar-refractivity contribution in [1.82, 2.24) is 0 Å². The third kappa shape index (κ3) is 1.96. The fraction of sp³-hybridized carbons (Fsp3) is 0.533. The zero-order valence-electron chi connectivity index (χ0n) is 10.7. The minimum atomic E-state index is -0.651. The Morgan fingerprint density at radius 1 is 1.24 bits per heavy atom. The lowest BCUT2D eigenvalue weighted by molar-refractivity contribution is -0.0175. The summed E-state index contributed by atoms with van der Waals surface area (Å²) in [6.07, 6.45) is 0.725. The zero-order valence-corrected chi connectivity index (χ0v) is 10.7. The van der Waals surface area contributed by atoms with Gasteiger partial charge >= 0.3 is 0 Å². The van der Waals surface area contributed by atoms with Crippen LogP contribution >= 0.6 is 0 Å². The molecule has 1 aliphatic carbocycles. The van der Waals surface area contributed by atoms with Crippen LogP contribution in [-0.2, 0) is 12.8 Å². The molecule has 90 valence electrons. The van der Waals surface area contributed by atoms with Gasteiger partial charge in [-0.1, -0.05) is 45.0 Å². The zero-order chi connectivity index (χ0) is 12.7. The Labute approximate surface area is 103 Å². The number of nitriles is 1. The van der Waals surface area contributed by atoms with Gasteiger partial charge < -0.3 is 5.11 Å². The second-order valence-electron chi connectivity index (χ2n) is 6.16. The maximum Gasteiger partial charge on any atom is 0.0917 e. The second kappa shape index (κ2) is 3.85. The summed E-state index contributed by atoms with van der Waals surface area (Å²) in [5.74, 6) is 0. The number of aliphatic hydroxyl groups excluding tert-OH is 1. The predicted molar refractivity (Wildman–Crippen MR) is 67.4 cm³/mol. The van der Waals surface area contributed by atoms with E-state index in [0.29, 0.717) is 12.8 Å². The molecule has 0 aromatic heterocycles. The van der Waals surface area contributed by atoms with Gasteiger partial charge in [-0.3, -0.25) is 0 Å². The average molecular weight is 229 g/mol. The Morgan fingerprint density at radius 3 is 2.06 bits per heavy atom. The van der Waals surface area contributed by atoms with Gasteiger partial charge in [-0.05, 0) is 29.4 Å². The van der Waals surface area contributed by atoms with Crippen LogP contribution in [0, 0.1) is 22.2 Å². The minimum Gasteiger partial charge on any atom is -0.391 e. The molecule has 1 aromatic rings. The highest BCUT2D eigenvalue weighted by molar-refractivity contribution is 5.38. The third-order valence-corrected chi connectivity index (χ3v) is 3.70. The van der Waals surface area contributed by atoms with Crippen molar-refractivity contribution >= 4 is 0 Å². The molecule has 17 heavy (non-hydrogen) atoms. The van der Waals surface area contributed by atoms with E-state index in [0.717, 1.165) is 0 Å². The molecule has 2 rings (SSSR count). The fourth-order valence-electron chi connectivity index (χ4n) is 2.81. The number of hydrogen-bond donors (Lipinski definition) is 1. The molecule has 0 heterocycles. The van der Waals surface area contributed by atoms with Gasteiger partial charge in [0.15, 0.2) is 0 Å². The number of aliphatic hydroxyl groups is 1. The topological polar surface area (TPSA) is 44.0 Å². The normalized spacial score (nSPS) is 19.5. The lowest BCUT2D eigenvalue weighted by Gasteiger charge is -2.36. The van der Waals surface area contributed by atoms with Crippen LogP contribution in [0.3, 0.4) is 0 Å². The molecule has 0 saturated carbocycles. The highest BCUT2D eigenvalue weighted by Crippen LogP contribution is 2.44. The summed E-state index contributed by atoms with van der Waals surface area (Å²) in [4.78, 5) is 0. The van der Waals surface area contributed by atoms with Gasteiger partial charge in [-0.2, -0.15) is 5.26 Å². The van der Waals surface area contributed by atoms with E-state index >= 15 is 0 Å². The second-order valence-corrected chi connectivity index (χ2v) is 6.16. The molecule has 1 unspecified atom stereocenters. The highest BCUT2D eigenvalue weighted by atomic mass is 16.3. The molecule has 2 heteroatoms. The van der Waals surface area contributed by atoms with Gasteiger partial charge in [-0.25, -0.2) is 0 Å². The summed E-state index contributed by atoms with van der Waals surface area (Å²) in [6, 6.07) is 10.5. The number of benzene rings is 1. The van der Waals surface area contributed by atoms with Crippen molar-refractivity contribution < 1.29 is 5.11 Å². The average Bonchev–Trinajstić information content (AvgIpc) is 2.66. The first kappa shape index (κ1) is 12.1. The largest absolute Gasteiger partial charge is 0.391 e. The van der Waals surface area contributed by atoms with Crippen molar-refractivity contribution in [2.45, 2.75) is 39.7 Å². The van der Waals surface area contributed by atoms with E-state index in [4.69, 9.17) is 0 Å². The summed E-state index contributed by atoms with van der Waals surface area (Å²) in [5, 5.41) is 20.0. The van der Waals surface area contributed by atoms with Crippen LogP contribution in [0.5, 0.6) is 0 Å². The van der Waals surface area contributed by atoms with E-state index < -0.39 is 11.5 Å². The van der Waals surface area contributed by atoms with Crippen LogP contribution in [0.1, 0.15) is 31.9 Å². The van der Waals surface area contributed by atoms with Crippen molar-refractivity contribution in [3.8, 4) is 6.07 Å². The van der Waals surface area contributed by atoms with Crippen LogP contribution < -0.4 is 0 Å². The molecule has 0 saturated heterocycles. The van der Waals surface area contributed by atoms with E-state index in [1.54, 1.807) is 0 Å². The molecule has 0 radical (unpaired) electrons. The molecule has 0 aliphatic heterocycles. The van der Waals surface area contributed by atoms with Gasteiger partial charge in [0.2, 0.25) is 0 Å². The molecule has 0 amide bonds. The Hall–Kier alpha value is -1.33. The summed E-state index contributed by atoms with van der Waals surface area (Å²) in [7, 11) is 0. The van der Waals surface area contributed by atoms with E-state index in [2.05, 4.69) is 18.2 Å². The van der Waals surface area contributed by atoms with Crippen LogP contribution in [0.2, 0.25) is 0 Å². The molecule has 1 N–H and O–H groups in total. The first-order valence-electron chi connectivity index (χ1n) is 6.05. The monoisotopic (exact) mass is 229 g/mol. The molecule has 0 fully saturated rings. The molecule has 0 spiro atoms. The summed E-state index contributed by atoms with van der Waals surface area (Å²) in [6.45, 7) is 5.96. The van der Waals surface area contributed by atoms with Crippen molar-refractivity contribution in [3.05, 3.63) is 35.4 Å². The quantitative estimate of drug-likeness (QED) is 0.804. The van der Waals surface area contributed by atoms with Gasteiger partial charge in [-0.15, -0.1) is 0 Å². The van der Waals surface area contributed by atoms with Crippen molar-refractivity contribution in [1.29, 1.82) is 5.26 Å². The first-order chi connectivity index (χ1) is 7.89.